The highest BCUT2D eigenvalue weighted by Gasteiger charge is 2.22. The van der Waals surface area contributed by atoms with Crippen molar-refractivity contribution in [1.82, 2.24) is 14.7 Å². The number of hydrogen-bond donors (Lipinski definition) is 0. The minimum atomic E-state index is -0.305. The minimum Gasteiger partial charge on any atom is -0.497 e. The lowest BCUT2D eigenvalue weighted by atomic mass is 10.1. The number of piperazine rings is 1. The largest absolute Gasteiger partial charge is 0.497 e. The Morgan fingerprint density at radius 2 is 1.77 bits per heavy atom. The Labute approximate surface area is 185 Å². The normalized spacial score (nSPS) is 13.9. The second-order valence-electron chi connectivity index (χ2n) is 7.29. The molecule has 8 heteroatoms. The maximum atomic E-state index is 12.8. The van der Waals surface area contributed by atoms with E-state index in [1.165, 1.54) is 10.7 Å². The molecule has 0 bridgehead atoms. The molecule has 1 amide bonds. The number of anilines is 1. The molecular formula is C23H23ClN4O3. The summed E-state index contributed by atoms with van der Waals surface area (Å²) in [7, 11) is 1.65. The molecule has 31 heavy (non-hydrogen) atoms. The van der Waals surface area contributed by atoms with Crippen LogP contribution in [0.5, 0.6) is 5.75 Å². The average Bonchev–Trinajstić information content (AvgIpc) is 2.81. The SMILES string of the molecule is COc1cccc(N2CCN(C(=O)Cn3nc(-c4ccc(Cl)cc4)ccc3=O)CC2)c1. The molecule has 7 nitrogen and oxygen atoms in total. The zero-order chi connectivity index (χ0) is 21.8. The van der Waals surface area contributed by atoms with Crippen molar-refractivity contribution in [2.45, 2.75) is 6.54 Å². The van der Waals surface area contributed by atoms with Gasteiger partial charge in [0.2, 0.25) is 5.91 Å². The highest BCUT2D eigenvalue weighted by molar-refractivity contribution is 6.30. The standard InChI is InChI=1S/C23H23ClN4O3/c1-31-20-4-2-3-19(15-20)26-11-13-27(14-12-26)23(30)16-28-22(29)10-9-21(25-28)17-5-7-18(24)8-6-17/h2-10,15H,11-14,16H2,1H3. The lowest BCUT2D eigenvalue weighted by molar-refractivity contribution is -0.132. The zero-order valence-electron chi connectivity index (χ0n) is 17.2. The third-order valence-electron chi connectivity index (χ3n) is 5.34. The summed E-state index contributed by atoms with van der Waals surface area (Å²) in [5.41, 5.74) is 2.21. The molecule has 2 heterocycles. The molecule has 1 aliphatic heterocycles. The Kier molecular flexibility index (Phi) is 6.23. The Hall–Kier alpha value is -3.32. The molecule has 0 radical (unpaired) electrons. The molecule has 1 saturated heterocycles. The van der Waals surface area contributed by atoms with E-state index in [-0.39, 0.29) is 18.0 Å². The van der Waals surface area contributed by atoms with Gasteiger partial charge < -0.3 is 14.5 Å². The van der Waals surface area contributed by atoms with Gasteiger partial charge in [-0.15, -0.1) is 0 Å². The molecule has 0 atom stereocenters. The number of rotatable bonds is 5. The predicted octanol–water partition coefficient (Wildman–Crippen LogP) is 2.92. The minimum absolute atomic E-state index is 0.0839. The van der Waals surface area contributed by atoms with Crippen LogP contribution < -0.4 is 15.2 Å². The van der Waals surface area contributed by atoms with E-state index in [4.69, 9.17) is 16.3 Å². The fraction of sp³-hybridized carbons (Fsp3) is 0.261. The summed E-state index contributed by atoms with van der Waals surface area (Å²) >= 11 is 5.94. The van der Waals surface area contributed by atoms with E-state index in [1.54, 1.807) is 30.2 Å². The molecule has 160 valence electrons. The van der Waals surface area contributed by atoms with Crippen molar-refractivity contribution in [3.63, 3.8) is 0 Å². The first-order chi connectivity index (χ1) is 15.0. The Bertz CT molecular complexity index is 1120. The monoisotopic (exact) mass is 438 g/mol. The van der Waals surface area contributed by atoms with E-state index >= 15 is 0 Å². The summed E-state index contributed by atoms with van der Waals surface area (Å²) in [4.78, 5) is 29.1. The molecule has 3 aromatic rings. The molecule has 0 N–H and O–H groups in total. The number of nitrogens with zero attached hydrogens (tertiary/aromatic N) is 4. The lowest BCUT2D eigenvalue weighted by Crippen LogP contribution is -2.50. The smallest absolute Gasteiger partial charge is 0.267 e. The van der Waals surface area contributed by atoms with Gasteiger partial charge in [-0.2, -0.15) is 5.10 Å². The first-order valence-electron chi connectivity index (χ1n) is 10.0. The van der Waals surface area contributed by atoms with Crippen molar-refractivity contribution in [3.05, 3.63) is 76.0 Å². The van der Waals surface area contributed by atoms with Crippen LogP contribution in [-0.4, -0.2) is 53.9 Å². The maximum Gasteiger partial charge on any atom is 0.267 e. The highest BCUT2D eigenvalue weighted by Crippen LogP contribution is 2.22. The number of ether oxygens (including phenoxy) is 1. The molecule has 1 aliphatic rings. The molecule has 0 aliphatic carbocycles. The quantitative estimate of drug-likeness (QED) is 0.612. The van der Waals surface area contributed by atoms with E-state index in [0.717, 1.165) is 17.0 Å². The summed E-state index contributed by atoms with van der Waals surface area (Å²) in [6.45, 7) is 2.51. The van der Waals surface area contributed by atoms with Crippen LogP contribution in [0.15, 0.2) is 65.5 Å². The van der Waals surface area contributed by atoms with Crippen molar-refractivity contribution in [1.29, 1.82) is 0 Å². The molecule has 4 rings (SSSR count). The van der Waals surface area contributed by atoms with Gasteiger partial charge in [0.1, 0.15) is 12.3 Å². The first-order valence-corrected chi connectivity index (χ1v) is 10.4. The van der Waals surface area contributed by atoms with Crippen LogP contribution in [-0.2, 0) is 11.3 Å². The van der Waals surface area contributed by atoms with Gasteiger partial charge in [-0.3, -0.25) is 9.59 Å². The lowest BCUT2D eigenvalue weighted by Gasteiger charge is -2.36. The number of methoxy groups -OCH3 is 1. The predicted molar refractivity (Wildman–Crippen MR) is 121 cm³/mol. The summed E-state index contributed by atoms with van der Waals surface area (Å²) in [6.07, 6.45) is 0. The van der Waals surface area contributed by atoms with Crippen LogP contribution in [0.25, 0.3) is 11.3 Å². The molecule has 0 spiro atoms. The van der Waals surface area contributed by atoms with Crippen molar-refractivity contribution < 1.29 is 9.53 Å². The van der Waals surface area contributed by atoms with Crippen molar-refractivity contribution in [2.75, 3.05) is 38.2 Å². The van der Waals surface area contributed by atoms with Gasteiger partial charge in [0.15, 0.2) is 0 Å². The second kappa shape index (κ2) is 9.22. The Morgan fingerprint density at radius 1 is 1.03 bits per heavy atom. The van der Waals surface area contributed by atoms with Crippen LogP contribution in [0.4, 0.5) is 5.69 Å². The van der Waals surface area contributed by atoms with Gasteiger partial charge in [0, 0.05) is 54.6 Å². The number of benzene rings is 2. The van der Waals surface area contributed by atoms with Crippen molar-refractivity contribution in [3.8, 4) is 17.0 Å². The van der Waals surface area contributed by atoms with Crippen LogP contribution in [0.1, 0.15) is 0 Å². The fourth-order valence-corrected chi connectivity index (χ4v) is 3.71. The number of carbonyl (C=O) groups excluding carboxylic acids is 1. The van der Waals surface area contributed by atoms with Crippen LogP contribution in [0.2, 0.25) is 5.02 Å². The molecule has 0 unspecified atom stereocenters. The number of halogens is 1. The van der Waals surface area contributed by atoms with Gasteiger partial charge in [0.25, 0.3) is 5.56 Å². The Morgan fingerprint density at radius 3 is 2.48 bits per heavy atom. The van der Waals surface area contributed by atoms with Crippen LogP contribution in [0, 0.1) is 0 Å². The second-order valence-corrected chi connectivity index (χ2v) is 7.73. The summed E-state index contributed by atoms with van der Waals surface area (Å²) in [5.74, 6) is 0.690. The number of amides is 1. The third-order valence-corrected chi connectivity index (χ3v) is 5.59. The summed E-state index contributed by atoms with van der Waals surface area (Å²) in [6, 6.07) is 18.2. The topological polar surface area (TPSA) is 67.7 Å². The van der Waals surface area contributed by atoms with Crippen molar-refractivity contribution in [2.24, 2.45) is 0 Å². The molecule has 1 fully saturated rings. The molecule has 0 saturated carbocycles. The van der Waals surface area contributed by atoms with Crippen LogP contribution >= 0.6 is 11.6 Å². The van der Waals surface area contributed by atoms with Gasteiger partial charge in [-0.05, 0) is 30.3 Å². The van der Waals surface area contributed by atoms with E-state index < -0.39 is 0 Å². The molecular weight excluding hydrogens is 416 g/mol. The zero-order valence-corrected chi connectivity index (χ0v) is 18.0. The number of hydrogen-bond acceptors (Lipinski definition) is 5. The van der Waals surface area contributed by atoms with Crippen molar-refractivity contribution >= 4 is 23.2 Å². The highest BCUT2D eigenvalue weighted by atomic mass is 35.5. The van der Waals surface area contributed by atoms with Gasteiger partial charge >= 0.3 is 0 Å². The fourth-order valence-electron chi connectivity index (χ4n) is 3.59. The summed E-state index contributed by atoms with van der Waals surface area (Å²) in [5, 5.41) is 5.00. The number of carbonyl (C=O) groups is 1. The molecule has 2 aromatic carbocycles. The van der Waals surface area contributed by atoms with Crippen LogP contribution in [0.3, 0.4) is 0 Å². The van der Waals surface area contributed by atoms with Gasteiger partial charge in [0.05, 0.1) is 12.8 Å². The number of aromatic nitrogens is 2. The van der Waals surface area contributed by atoms with E-state index in [2.05, 4.69) is 10.00 Å². The maximum absolute atomic E-state index is 12.8. The Balaban J connectivity index is 1.41. The average molecular weight is 439 g/mol. The van der Waals surface area contributed by atoms with E-state index in [0.29, 0.717) is 36.9 Å². The van der Waals surface area contributed by atoms with Gasteiger partial charge in [-0.25, -0.2) is 4.68 Å². The van der Waals surface area contributed by atoms with Gasteiger partial charge in [-0.1, -0.05) is 29.8 Å². The molecule has 1 aromatic heterocycles. The van der Waals surface area contributed by atoms with E-state index in [9.17, 15) is 9.59 Å². The summed E-state index contributed by atoms with van der Waals surface area (Å²) < 4.78 is 6.52. The first kappa shape index (κ1) is 20.9. The van der Waals surface area contributed by atoms with E-state index in [1.807, 2.05) is 36.4 Å². The third kappa shape index (κ3) is 4.88.